The van der Waals surface area contributed by atoms with E-state index in [9.17, 15) is 19.2 Å². The highest BCUT2D eigenvalue weighted by molar-refractivity contribution is 8.14. The summed E-state index contributed by atoms with van der Waals surface area (Å²) < 4.78 is 0. The minimum atomic E-state index is -0.378. The van der Waals surface area contributed by atoms with Crippen molar-refractivity contribution in [1.82, 2.24) is 9.80 Å². The average molecular weight is 423 g/mol. The van der Waals surface area contributed by atoms with E-state index in [1.165, 1.54) is 0 Å². The largest absolute Gasteiger partial charge is 0.340 e. The number of rotatable bonds is 5. The van der Waals surface area contributed by atoms with Crippen LogP contribution < -0.4 is 0 Å². The highest BCUT2D eigenvalue weighted by Crippen LogP contribution is 2.25. The molecule has 3 amide bonds. The Hall–Kier alpha value is -2.93. The summed E-state index contributed by atoms with van der Waals surface area (Å²) in [6.45, 7) is 0.623. The summed E-state index contributed by atoms with van der Waals surface area (Å²) >= 11 is 0.917. The van der Waals surface area contributed by atoms with Gasteiger partial charge in [0.1, 0.15) is 6.54 Å². The lowest BCUT2D eigenvalue weighted by molar-refractivity contribution is -0.137. The Morgan fingerprint density at radius 2 is 1.67 bits per heavy atom. The van der Waals surface area contributed by atoms with E-state index < -0.39 is 0 Å². The molecule has 0 radical (unpaired) electrons. The molecule has 2 aromatic rings. The van der Waals surface area contributed by atoms with Crippen LogP contribution in [0, 0.1) is 5.92 Å². The lowest BCUT2D eigenvalue weighted by Gasteiger charge is -2.32. The first-order valence-corrected chi connectivity index (χ1v) is 11.0. The first-order valence-electron chi connectivity index (χ1n) is 9.97. The molecule has 1 unspecified atom stereocenters. The number of piperidine rings is 1. The van der Waals surface area contributed by atoms with Crippen molar-refractivity contribution in [2.75, 3.05) is 25.4 Å². The number of benzene rings is 2. The molecule has 30 heavy (non-hydrogen) atoms. The maximum Gasteiger partial charge on any atom is 0.289 e. The van der Waals surface area contributed by atoms with E-state index in [0.717, 1.165) is 40.6 Å². The minimum Gasteiger partial charge on any atom is -0.340 e. The molecule has 0 aliphatic carbocycles. The molecule has 0 aromatic heterocycles. The highest BCUT2D eigenvalue weighted by atomic mass is 32.2. The molecular weight excluding hydrogens is 400 g/mol. The maximum absolute atomic E-state index is 13.0. The molecule has 0 bridgehead atoms. The summed E-state index contributed by atoms with van der Waals surface area (Å²) in [6.07, 6.45) is 1.45. The molecule has 4 rings (SSSR count). The molecule has 6 nitrogen and oxygen atoms in total. The van der Waals surface area contributed by atoms with E-state index >= 15 is 0 Å². The molecule has 0 N–H and O–H groups in total. The summed E-state index contributed by atoms with van der Waals surface area (Å²) in [5.74, 6) is -0.773. The van der Waals surface area contributed by atoms with Crippen molar-refractivity contribution in [1.29, 1.82) is 0 Å². The predicted molar refractivity (Wildman–Crippen MR) is 115 cm³/mol. The number of amides is 3. The number of carbonyl (C=O) groups is 4. The van der Waals surface area contributed by atoms with Crippen molar-refractivity contribution in [2.24, 2.45) is 5.92 Å². The van der Waals surface area contributed by atoms with Gasteiger partial charge in [-0.15, -0.1) is 0 Å². The Morgan fingerprint density at radius 1 is 0.967 bits per heavy atom. The lowest BCUT2D eigenvalue weighted by atomic mass is 9.89. The van der Waals surface area contributed by atoms with E-state index in [1.807, 2.05) is 54.6 Å². The summed E-state index contributed by atoms with van der Waals surface area (Å²) in [4.78, 5) is 51.7. The normalized spacial score (nSPS) is 19.3. The minimum absolute atomic E-state index is 0.0241. The van der Waals surface area contributed by atoms with Crippen LogP contribution >= 0.6 is 11.8 Å². The van der Waals surface area contributed by atoms with E-state index in [0.29, 0.717) is 18.7 Å². The Morgan fingerprint density at radius 3 is 2.33 bits per heavy atom. The van der Waals surface area contributed by atoms with Crippen LogP contribution in [-0.2, 0) is 9.59 Å². The van der Waals surface area contributed by atoms with Gasteiger partial charge in [-0.05, 0) is 24.0 Å². The van der Waals surface area contributed by atoms with Crippen LogP contribution in [0.5, 0.6) is 0 Å². The molecule has 2 aromatic carbocycles. The van der Waals surface area contributed by atoms with Crippen molar-refractivity contribution in [2.45, 2.75) is 12.8 Å². The molecule has 2 aliphatic heterocycles. The van der Waals surface area contributed by atoms with Crippen LogP contribution in [0.4, 0.5) is 4.79 Å². The molecule has 1 atom stereocenters. The highest BCUT2D eigenvalue weighted by Gasteiger charge is 2.35. The SMILES string of the molecule is O=C(c1ccc(-c2ccccc2)cc1)C1CCCN(C(=O)CN2C(=O)CSC2=O)C1. The molecule has 0 spiro atoms. The maximum atomic E-state index is 13.0. The third-order valence-electron chi connectivity index (χ3n) is 5.56. The van der Waals surface area contributed by atoms with Gasteiger partial charge < -0.3 is 4.90 Å². The van der Waals surface area contributed by atoms with Crippen LogP contribution in [0.15, 0.2) is 54.6 Å². The first kappa shape index (κ1) is 20.3. The van der Waals surface area contributed by atoms with Crippen molar-refractivity contribution < 1.29 is 19.2 Å². The van der Waals surface area contributed by atoms with Crippen LogP contribution in [0.25, 0.3) is 11.1 Å². The van der Waals surface area contributed by atoms with Crippen LogP contribution in [-0.4, -0.2) is 58.0 Å². The van der Waals surface area contributed by atoms with Crippen LogP contribution in [0.1, 0.15) is 23.2 Å². The zero-order valence-electron chi connectivity index (χ0n) is 16.5. The molecule has 154 valence electrons. The molecule has 7 heteroatoms. The fourth-order valence-electron chi connectivity index (χ4n) is 3.88. The van der Waals surface area contributed by atoms with Gasteiger partial charge in [0.25, 0.3) is 5.24 Å². The van der Waals surface area contributed by atoms with Crippen LogP contribution in [0.3, 0.4) is 0 Å². The molecule has 2 aliphatic rings. The van der Waals surface area contributed by atoms with E-state index in [-0.39, 0.29) is 41.1 Å². The van der Waals surface area contributed by atoms with Gasteiger partial charge in [-0.1, -0.05) is 66.4 Å². The van der Waals surface area contributed by atoms with E-state index in [1.54, 1.807) is 4.90 Å². The smallest absolute Gasteiger partial charge is 0.289 e. The first-order chi connectivity index (χ1) is 14.5. The number of imide groups is 1. The summed E-state index contributed by atoms with van der Waals surface area (Å²) in [7, 11) is 0. The molecule has 2 fully saturated rings. The van der Waals surface area contributed by atoms with Crippen molar-refractivity contribution in [3.8, 4) is 11.1 Å². The van der Waals surface area contributed by atoms with Gasteiger partial charge in [-0.3, -0.25) is 24.1 Å². The number of hydrogen-bond donors (Lipinski definition) is 0. The summed E-state index contributed by atoms with van der Waals surface area (Å²) in [5.41, 5.74) is 2.77. The number of ketones is 1. The van der Waals surface area contributed by atoms with Crippen molar-refractivity contribution in [3.05, 3.63) is 60.2 Å². The topological polar surface area (TPSA) is 74.8 Å². The Bertz CT molecular complexity index is 958. The van der Waals surface area contributed by atoms with E-state index in [4.69, 9.17) is 0 Å². The number of nitrogens with zero attached hydrogens (tertiary/aromatic N) is 2. The standard InChI is InChI=1S/C23H22N2O4S/c26-20(14-25-21(27)15-30-23(25)29)24-12-4-7-19(13-24)22(28)18-10-8-17(9-11-18)16-5-2-1-3-6-16/h1-3,5-6,8-11,19H,4,7,12-15H2. The monoisotopic (exact) mass is 422 g/mol. The van der Waals surface area contributed by atoms with Crippen LogP contribution in [0.2, 0.25) is 0 Å². The number of thioether (sulfide) groups is 1. The van der Waals surface area contributed by atoms with Gasteiger partial charge in [-0.25, -0.2) is 0 Å². The van der Waals surface area contributed by atoms with Crippen molar-refractivity contribution in [3.63, 3.8) is 0 Å². The lowest BCUT2D eigenvalue weighted by Crippen LogP contribution is -2.47. The second kappa shape index (κ2) is 8.83. The van der Waals surface area contributed by atoms with E-state index in [2.05, 4.69) is 0 Å². The third-order valence-corrected chi connectivity index (χ3v) is 6.41. The quantitative estimate of drug-likeness (QED) is 0.690. The zero-order valence-corrected chi connectivity index (χ0v) is 17.3. The second-order valence-electron chi connectivity index (χ2n) is 7.52. The Balaban J connectivity index is 1.40. The van der Waals surface area contributed by atoms with Crippen molar-refractivity contribution >= 4 is 34.6 Å². The second-order valence-corrected chi connectivity index (χ2v) is 8.45. The number of Topliss-reactive ketones (excluding diaryl/α,β-unsaturated/α-hetero) is 1. The van der Waals surface area contributed by atoms with Gasteiger partial charge in [-0.2, -0.15) is 0 Å². The predicted octanol–water partition coefficient (Wildman–Crippen LogP) is 3.47. The molecule has 2 saturated heterocycles. The summed E-state index contributed by atoms with van der Waals surface area (Å²) in [5, 5.41) is -0.378. The third kappa shape index (κ3) is 4.31. The fraction of sp³-hybridized carbons (Fsp3) is 0.304. The van der Waals surface area contributed by atoms with Gasteiger partial charge in [0.15, 0.2) is 5.78 Å². The van der Waals surface area contributed by atoms with Gasteiger partial charge in [0, 0.05) is 24.6 Å². The number of carbonyl (C=O) groups excluding carboxylic acids is 4. The zero-order chi connectivity index (χ0) is 21.1. The molecular formula is C23H22N2O4S. The average Bonchev–Trinajstić information content (AvgIpc) is 3.11. The Labute approximate surface area is 179 Å². The fourth-order valence-corrected chi connectivity index (χ4v) is 4.61. The molecule has 0 saturated carbocycles. The van der Waals surface area contributed by atoms with Gasteiger partial charge in [0.05, 0.1) is 5.75 Å². The van der Waals surface area contributed by atoms with Gasteiger partial charge >= 0.3 is 0 Å². The number of hydrogen-bond acceptors (Lipinski definition) is 5. The Kier molecular flexibility index (Phi) is 5.99. The summed E-state index contributed by atoms with van der Waals surface area (Å²) in [6, 6.07) is 17.5. The molecule has 2 heterocycles. The number of likely N-dealkylation sites (tertiary alicyclic amines) is 1. The van der Waals surface area contributed by atoms with Gasteiger partial charge in [0.2, 0.25) is 11.8 Å².